The van der Waals surface area contributed by atoms with Gasteiger partial charge in [0.05, 0.1) is 18.9 Å². The molecule has 2 aromatic carbocycles. The summed E-state index contributed by atoms with van der Waals surface area (Å²) in [6.07, 6.45) is 1.74. The Bertz CT molecular complexity index is 1110. The van der Waals surface area contributed by atoms with E-state index in [9.17, 15) is 9.59 Å². The zero-order chi connectivity index (χ0) is 24.5. The van der Waals surface area contributed by atoms with Gasteiger partial charge in [-0.25, -0.2) is 0 Å². The van der Waals surface area contributed by atoms with Crippen molar-refractivity contribution < 1.29 is 14.3 Å². The molecule has 0 aliphatic rings. The number of nitrogens with one attached hydrogen (secondary N) is 2. The normalized spacial score (nSPS) is 11.6. The van der Waals surface area contributed by atoms with E-state index >= 15 is 0 Å². The summed E-state index contributed by atoms with van der Waals surface area (Å²) in [6.45, 7) is 8.31. The Labute approximate surface area is 203 Å². The molecule has 0 fully saturated rings. The third-order valence-electron chi connectivity index (χ3n) is 5.03. The fourth-order valence-electron chi connectivity index (χ4n) is 3.28. The number of thioether (sulfide) groups is 1. The largest absolute Gasteiger partial charge is 0.497 e. The molecule has 0 saturated heterocycles. The van der Waals surface area contributed by atoms with Crippen molar-refractivity contribution in [3.63, 3.8) is 0 Å². The number of aromatic nitrogens is 3. The zero-order valence-electron chi connectivity index (χ0n) is 19.5. The maximum atomic E-state index is 12.8. The van der Waals surface area contributed by atoms with Crippen LogP contribution in [-0.4, -0.2) is 39.4 Å². The molecule has 9 heteroatoms. The maximum Gasteiger partial charge on any atom is 0.251 e. The van der Waals surface area contributed by atoms with Crippen LogP contribution in [0.2, 0.25) is 0 Å². The lowest BCUT2D eigenvalue weighted by Crippen LogP contribution is -2.33. The van der Waals surface area contributed by atoms with Crippen LogP contribution in [0.3, 0.4) is 0 Å². The Hall–Kier alpha value is -3.59. The van der Waals surface area contributed by atoms with Crippen LogP contribution >= 0.6 is 11.8 Å². The molecular formula is C25H29N5O3S. The maximum absolute atomic E-state index is 12.8. The summed E-state index contributed by atoms with van der Waals surface area (Å²) in [5, 5.41) is 15.2. The summed E-state index contributed by atoms with van der Waals surface area (Å²) in [4.78, 5) is 25.2. The fourth-order valence-corrected chi connectivity index (χ4v) is 4.04. The Morgan fingerprint density at radius 1 is 1.12 bits per heavy atom. The molecule has 3 aromatic rings. The first kappa shape index (κ1) is 25.0. The number of anilines is 1. The van der Waals surface area contributed by atoms with E-state index in [0.717, 1.165) is 5.75 Å². The molecular weight excluding hydrogens is 450 g/mol. The summed E-state index contributed by atoms with van der Waals surface area (Å²) in [7, 11) is 1.59. The number of nitrogens with zero attached hydrogens (tertiary/aromatic N) is 3. The number of amides is 2. The molecule has 1 atom stereocenters. The number of rotatable bonds is 11. The van der Waals surface area contributed by atoms with Gasteiger partial charge in [-0.2, -0.15) is 0 Å². The Kier molecular flexibility index (Phi) is 8.86. The smallest absolute Gasteiger partial charge is 0.251 e. The minimum absolute atomic E-state index is 0.0663. The van der Waals surface area contributed by atoms with Gasteiger partial charge in [-0.3, -0.25) is 9.59 Å². The van der Waals surface area contributed by atoms with E-state index in [0.29, 0.717) is 28.8 Å². The average molecular weight is 480 g/mol. The van der Waals surface area contributed by atoms with E-state index in [1.54, 1.807) is 49.6 Å². The lowest BCUT2D eigenvalue weighted by molar-refractivity contribution is -0.113. The first-order chi connectivity index (χ1) is 16.4. The summed E-state index contributed by atoms with van der Waals surface area (Å²) >= 11 is 1.28. The number of hydrogen-bond donors (Lipinski definition) is 2. The lowest BCUT2D eigenvalue weighted by Gasteiger charge is -2.22. The van der Waals surface area contributed by atoms with Gasteiger partial charge in [0.1, 0.15) is 5.75 Å². The van der Waals surface area contributed by atoms with Crippen LogP contribution in [-0.2, 0) is 11.3 Å². The highest BCUT2D eigenvalue weighted by atomic mass is 32.2. The van der Waals surface area contributed by atoms with Gasteiger partial charge in [0.2, 0.25) is 5.91 Å². The van der Waals surface area contributed by atoms with Gasteiger partial charge in [-0.05, 0) is 42.3 Å². The second-order valence-corrected chi connectivity index (χ2v) is 8.81. The quantitative estimate of drug-likeness (QED) is 0.314. The molecule has 34 heavy (non-hydrogen) atoms. The predicted molar refractivity (Wildman–Crippen MR) is 134 cm³/mol. The molecule has 0 spiro atoms. The predicted octanol–water partition coefficient (Wildman–Crippen LogP) is 4.33. The molecule has 2 amide bonds. The Balaban J connectivity index is 1.72. The molecule has 178 valence electrons. The van der Waals surface area contributed by atoms with Crippen LogP contribution < -0.4 is 15.4 Å². The standard InChI is InChI=1S/C25H29N5O3S/c1-5-15-30-23(22(17(2)3)27-24(32)18-9-7-6-8-10-18)28-29-25(30)34-16-21(31)26-19-11-13-20(33-4)14-12-19/h5-14,17,22H,1,15-16H2,2-4H3,(H,26,31)(H,27,32)/t22-/m1/s1. The molecule has 2 N–H and O–H groups in total. The second-order valence-electron chi connectivity index (χ2n) is 7.87. The van der Waals surface area contributed by atoms with Crippen molar-refractivity contribution in [2.75, 3.05) is 18.2 Å². The Morgan fingerprint density at radius 3 is 2.44 bits per heavy atom. The van der Waals surface area contributed by atoms with Crippen molar-refractivity contribution in [2.24, 2.45) is 5.92 Å². The number of allylic oxidation sites excluding steroid dienone is 1. The van der Waals surface area contributed by atoms with Crippen LogP contribution in [0.4, 0.5) is 5.69 Å². The van der Waals surface area contributed by atoms with Gasteiger partial charge in [0.15, 0.2) is 11.0 Å². The van der Waals surface area contributed by atoms with Gasteiger partial charge < -0.3 is 19.9 Å². The molecule has 1 aromatic heterocycles. The average Bonchev–Trinajstić information content (AvgIpc) is 3.24. The molecule has 0 unspecified atom stereocenters. The van der Waals surface area contributed by atoms with Crippen molar-refractivity contribution in [3.8, 4) is 5.75 Å². The van der Waals surface area contributed by atoms with Crippen molar-refractivity contribution in [1.29, 1.82) is 0 Å². The highest BCUT2D eigenvalue weighted by Crippen LogP contribution is 2.26. The molecule has 0 aliphatic carbocycles. The number of ether oxygens (including phenoxy) is 1. The number of carbonyl (C=O) groups excluding carboxylic acids is 2. The van der Waals surface area contributed by atoms with Gasteiger partial charge in [-0.15, -0.1) is 16.8 Å². The van der Waals surface area contributed by atoms with Gasteiger partial charge in [0, 0.05) is 17.8 Å². The minimum atomic E-state index is -0.359. The summed E-state index contributed by atoms with van der Waals surface area (Å²) in [6, 6.07) is 15.8. The Morgan fingerprint density at radius 2 is 1.82 bits per heavy atom. The monoisotopic (exact) mass is 479 g/mol. The van der Waals surface area contributed by atoms with Crippen molar-refractivity contribution in [1.82, 2.24) is 20.1 Å². The van der Waals surface area contributed by atoms with E-state index in [2.05, 4.69) is 27.4 Å². The van der Waals surface area contributed by atoms with Gasteiger partial charge in [0.25, 0.3) is 5.91 Å². The summed E-state index contributed by atoms with van der Waals surface area (Å²) in [5.74, 6) is 1.22. The first-order valence-electron chi connectivity index (χ1n) is 10.9. The first-order valence-corrected chi connectivity index (χ1v) is 11.9. The number of carbonyl (C=O) groups is 2. The molecule has 0 bridgehead atoms. The van der Waals surface area contributed by atoms with Crippen LogP contribution in [0.25, 0.3) is 0 Å². The zero-order valence-corrected chi connectivity index (χ0v) is 20.3. The summed E-state index contributed by atoms with van der Waals surface area (Å²) < 4.78 is 7.02. The van der Waals surface area contributed by atoms with Crippen LogP contribution in [0.15, 0.2) is 72.4 Å². The molecule has 0 saturated carbocycles. The molecule has 0 aliphatic heterocycles. The summed E-state index contributed by atoms with van der Waals surface area (Å²) in [5.41, 5.74) is 1.26. The van der Waals surface area contributed by atoms with E-state index in [1.165, 1.54) is 11.8 Å². The highest BCUT2D eigenvalue weighted by Gasteiger charge is 2.26. The van der Waals surface area contributed by atoms with E-state index in [4.69, 9.17) is 4.74 Å². The molecule has 0 radical (unpaired) electrons. The lowest BCUT2D eigenvalue weighted by atomic mass is 10.0. The SMILES string of the molecule is C=CCn1c(SCC(=O)Nc2ccc(OC)cc2)nnc1[C@H](NC(=O)c1ccccc1)C(C)C. The number of benzene rings is 2. The van der Waals surface area contributed by atoms with Crippen molar-refractivity contribution in [3.05, 3.63) is 78.6 Å². The third kappa shape index (κ3) is 6.48. The van der Waals surface area contributed by atoms with Crippen molar-refractivity contribution >= 4 is 29.3 Å². The second kappa shape index (κ2) is 12.0. The highest BCUT2D eigenvalue weighted by molar-refractivity contribution is 7.99. The van der Waals surface area contributed by atoms with Crippen molar-refractivity contribution in [2.45, 2.75) is 31.6 Å². The fraction of sp³-hybridized carbons (Fsp3) is 0.280. The molecule has 3 rings (SSSR count). The van der Waals surface area contributed by atoms with Crippen LogP contribution in [0.1, 0.15) is 36.1 Å². The van der Waals surface area contributed by atoms with Crippen LogP contribution in [0.5, 0.6) is 5.75 Å². The minimum Gasteiger partial charge on any atom is -0.497 e. The third-order valence-corrected chi connectivity index (χ3v) is 6.00. The van der Waals surface area contributed by atoms with Crippen LogP contribution in [0, 0.1) is 5.92 Å². The van der Waals surface area contributed by atoms with Gasteiger partial charge >= 0.3 is 0 Å². The van der Waals surface area contributed by atoms with E-state index in [-0.39, 0.29) is 29.5 Å². The number of hydrogen-bond acceptors (Lipinski definition) is 6. The topological polar surface area (TPSA) is 98.1 Å². The van der Waals surface area contributed by atoms with E-state index < -0.39 is 0 Å². The van der Waals surface area contributed by atoms with Gasteiger partial charge in [-0.1, -0.05) is 49.9 Å². The number of methoxy groups -OCH3 is 1. The molecule has 1 heterocycles. The molecule has 8 nitrogen and oxygen atoms in total. The van der Waals surface area contributed by atoms with E-state index in [1.807, 2.05) is 36.6 Å².